The summed E-state index contributed by atoms with van der Waals surface area (Å²) >= 11 is 1.29. The van der Waals surface area contributed by atoms with Gasteiger partial charge in [-0.25, -0.2) is 9.18 Å². The van der Waals surface area contributed by atoms with Crippen molar-refractivity contribution in [2.24, 2.45) is 4.99 Å². The van der Waals surface area contributed by atoms with Crippen LogP contribution in [0.15, 0.2) is 41.5 Å². The van der Waals surface area contributed by atoms with Crippen molar-refractivity contribution >= 4 is 34.4 Å². The number of aliphatic imine (C=N–C) groups is 1. The molecule has 1 N–H and O–H groups in total. The predicted molar refractivity (Wildman–Crippen MR) is 113 cm³/mol. The SMILES string of the molecule is CSC(=NC[C@H]1CN(c2ccc(N3Cc4cccnc4C3)c(F)c2)C(=O)O1)NC#N. The third kappa shape index (κ3) is 4.02. The highest BCUT2D eigenvalue weighted by Crippen LogP contribution is 2.32. The first-order chi connectivity index (χ1) is 14.6. The van der Waals surface area contributed by atoms with E-state index in [4.69, 9.17) is 10.00 Å². The smallest absolute Gasteiger partial charge is 0.414 e. The van der Waals surface area contributed by atoms with Gasteiger partial charge in [-0.05, 0) is 36.1 Å². The molecule has 154 valence electrons. The number of nitrogens with one attached hydrogen (secondary N) is 1. The first-order valence-electron chi connectivity index (χ1n) is 9.28. The number of nitrogens with zero attached hydrogens (tertiary/aromatic N) is 5. The van der Waals surface area contributed by atoms with Crippen molar-refractivity contribution in [3.63, 3.8) is 0 Å². The number of amidine groups is 1. The van der Waals surface area contributed by atoms with E-state index in [2.05, 4.69) is 15.3 Å². The Hall–Kier alpha value is -3.32. The molecule has 1 amide bonds. The lowest BCUT2D eigenvalue weighted by atomic mass is 10.2. The molecule has 0 bridgehead atoms. The van der Waals surface area contributed by atoms with Gasteiger partial charge >= 0.3 is 6.09 Å². The fraction of sp³-hybridized carbons (Fsp3) is 0.300. The van der Waals surface area contributed by atoms with E-state index in [0.29, 0.717) is 29.6 Å². The Balaban J connectivity index is 1.44. The molecule has 0 radical (unpaired) electrons. The minimum absolute atomic E-state index is 0.215. The second kappa shape index (κ2) is 8.59. The van der Waals surface area contributed by atoms with Crippen molar-refractivity contribution in [1.29, 1.82) is 5.26 Å². The molecule has 0 aliphatic carbocycles. The molecule has 1 aromatic carbocycles. The lowest BCUT2D eigenvalue weighted by Crippen LogP contribution is -2.26. The van der Waals surface area contributed by atoms with E-state index in [-0.39, 0.29) is 13.1 Å². The number of fused-ring (bicyclic) bond motifs is 1. The van der Waals surface area contributed by atoms with E-state index in [1.807, 2.05) is 23.2 Å². The summed E-state index contributed by atoms with van der Waals surface area (Å²) in [7, 11) is 0. The number of rotatable bonds is 4. The number of benzene rings is 1. The van der Waals surface area contributed by atoms with Gasteiger partial charge in [-0.2, -0.15) is 5.26 Å². The second-order valence-electron chi connectivity index (χ2n) is 6.80. The van der Waals surface area contributed by atoms with Crippen LogP contribution in [-0.4, -0.2) is 41.7 Å². The van der Waals surface area contributed by atoms with Crippen LogP contribution in [-0.2, 0) is 17.8 Å². The number of aromatic nitrogens is 1. The van der Waals surface area contributed by atoms with Crippen LogP contribution in [0.5, 0.6) is 0 Å². The maximum Gasteiger partial charge on any atom is 0.414 e. The Bertz CT molecular complexity index is 1020. The van der Waals surface area contributed by atoms with Gasteiger partial charge in [-0.15, -0.1) is 0 Å². The van der Waals surface area contributed by atoms with Gasteiger partial charge in [0.1, 0.15) is 11.9 Å². The van der Waals surface area contributed by atoms with Gasteiger partial charge < -0.3 is 9.64 Å². The van der Waals surface area contributed by atoms with Crippen LogP contribution in [0.4, 0.5) is 20.6 Å². The molecule has 4 rings (SSSR count). The fourth-order valence-electron chi connectivity index (χ4n) is 3.51. The van der Waals surface area contributed by atoms with Crippen LogP contribution in [0.3, 0.4) is 0 Å². The van der Waals surface area contributed by atoms with Crippen LogP contribution in [0.1, 0.15) is 11.3 Å². The molecule has 2 aromatic rings. The first kappa shape index (κ1) is 20.0. The number of hydrogen-bond acceptors (Lipinski definition) is 7. The van der Waals surface area contributed by atoms with E-state index >= 15 is 0 Å². The largest absolute Gasteiger partial charge is 0.442 e. The number of anilines is 2. The van der Waals surface area contributed by atoms with Gasteiger partial charge in [-0.1, -0.05) is 17.8 Å². The Kier molecular flexibility index (Phi) is 5.72. The van der Waals surface area contributed by atoms with E-state index in [0.717, 1.165) is 11.3 Å². The number of carbonyl (C=O) groups is 1. The highest BCUT2D eigenvalue weighted by molar-refractivity contribution is 8.13. The lowest BCUT2D eigenvalue weighted by Gasteiger charge is -2.20. The molecule has 0 unspecified atom stereocenters. The average Bonchev–Trinajstić information content (AvgIpc) is 3.34. The van der Waals surface area contributed by atoms with Crippen LogP contribution in [0.25, 0.3) is 0 Å². The quantitative estimate of drug-likeness (QED) is 0.348. The Labute approximate surface area is 177 Å². The van der Waals surface area contributed by atoms with Crippen LogP contribution in [0.2, 0.25) is 0 Å². The highest BCUT2D eigenvalue weighted by Gasteiger charge is 2.33. The van der Waals surface area contributed by atoms with Gasteiger partial charge in [0.2, 0.25) is 0 Å². The summed E-state index contributed by atoms with van der Waals surface area (Å²) in [5.41, 5.74) is 2.94. The summed E-state index contributed by atoms with van der Waals surface area (Å²) < 4.78 is 20.2. The molecule has 8 nitrogen and oxygen atoms in total. The summed E-state index contributed by atoms with van der Waals surface area (Å²) in [6, 6.07) is 8.61. The molecular weight excluding hydrogens is 407 g/mol. The topological polar surface area (TPSA) is 93.8 Å². The fourth-order valence-corrected chi connectivity index (χ4v) is 3.86. The molecule has 2 aliphatic rings. The number of nitriles is 1. The Morgan fingerprint density at radius 3 is 3.07 bits per heavy atom. The van der Waals surface area contributed by atoms with E-state index in [1.165, 1.54) is 22.7 Å². The number of ether oxygens (including phenoxy) is 1. The van der Waals surface area contributed by atoms with Crippen molar-refractivity contribution in [2.75, 3.05) is 29.1 Å². The van der Waals surface area contributed by atoms with Crippen molar-refractivity contribution in [3.05, 3.63) is 53.6 Å². The Morgan fingerprint density at radius 1 is 1.47 bits per heavy atom. The highest BCUT2D eigenvalue weighted by atomic mass is 32.2. The molecule has 3 heterocycles. The van der Waals surface area contributed by atoms with E-state index in [9.17, 15) is 9.18 Å². The summed E-state index contributed by atoms with van der Waals surface area (Å²) in [6.45, 7) is 1.62. The first-order valence-corrected chi connectivity index (χ1v) is 10.5. The zero-order valence-electron chi connectivity index (χ0n) is 16.2. The number of amides is 1. The van der Waals surface area contributed by atoms with Crippen LogP contribution >= 0.6 is 11.8 Å². The molecule has 2 aliphatic heterocycles. The number of pyridine rings is 1. The van der Waals surface area contributed by atoms with Crippen molar-refractivity contribution in [2.45, 2.75) is 19.2 Å². The van der Waals surface area contributed by atoms with Gasteiger partial charge in [-0.3, -0.25) is 20.2 Å². The molecule has 10 heteroatoms. The average molecular weight is 426 g/mol. The molecule has 30 heavy (non-hydrogen) atoms. The zero-order chi connectivity index (χ0) is 21.1. The van der Waals surface area contributed by atoms with Crippen molar-refractivity contribution < 1.29 is 13.9 Å². The number of hydrogen-bond donors (Lipinski definition) is 1. The minimum atomic E-state index is -0.543. The summed E-state index contributed by atoms with van der Waals surface area (Å²) in [5, 5.41) is 11.6. The van der Waals surface area contributed by atoms with Gasteiger partial charge in [0, 0.05) is 12.7 Å². The molecule has 1 atom stereocenters. The third-order valence-electron chi connectivity index (χ3n) is 4.94. The van der Waals surface area contributed by atoms with Gasteiger partial charge in [0.15, 0.2) is 11.4 Å². The maximum atomic E-state index is 14.9. The maximum absolute atomic E-state index is 14.9. The van der Waals surface area contributed by atoms with Crippen LogP contribution < -0.4 is 15.1 Å². The van der Waals surface area contributed by atoms with E-state index < -0.39 is 18.0 Å². The van der Waals surface area contributed by atoms with Crippen molar-refractivity contribution in [3.8, 4) is 6.19 Å². The number of carbonyl (C=O) groups excluding carboxylic acids is 1. The van der Waals surface area contributed by atoms with Crippen LogP contribution in [0, 0.1) is 17.3 Å². The molecule has 0 spiro atoms. The predicted octanol–water partition coefficient (Wildman–Crippen LogP) is 2.86. The summed E-state index contributed by atoms with van der Waals surface area (Å²) in [5.74, 6) is -0.405. The number of thioether (sulfide) groups is 1. The van der Waals surface area contributed by atoms with E-state index in [1.54, 1.807) is 24.6 Å². The number of halogens is 1. The number of cyclic esters (lactones) is 1. The Morgan fingerprint density at radius 2 is 2.33 bits per heavy atom. The lowest BCUT2D eigenvalue weighted by molar-refractivity contribution is 0.145. The monoisotopic (exact) mass is 426 g/mol. The molecule has 1 saturated heterocycles. The normalized spacial score (nSPS) is 18.2. The minimum Gasteiger partial charge on any atom is -0.442 e. The zero-order valence-corrected chi connectivity index (χ0v) is 17.0. The molecule has 1 aromatic heterocycles. The summed E-state index contributed by atoms with van der Waals surface area (Å²) in [4.78, 5) is 24.2. The third-order valence-corrected chi connectivity index (χ3v) is 5.56. The molecule has 1 fully saturated rings. The van der Waals surface area contributed by atoms with Crippen molar-refractivity contribution in [1.82, 2.24) is 10.3 Å². The second-order valence-corrected chi connectivity index (χ2v) is 7.60. The van der Waals surface area contributed by atoms with Gasteiger partial charge in [0.25, 0.3) is 0 Å². The molecular formula is C20H19FN6O2S. The molecule has 0 saturated carbocycles. The van der Waals surface area contributed by atoms with Gasteiger partial charge in [0.05, 0.1) is 36.7 Å². The standard InChI is InChI=1S/C20H19FN6O2S/c1-30-19(25-12-22)24-8-15-10-27(20(28)29-15)14-4-5-18(16(21)7-14)26-9-13-3-2-6-23-17(13)11-26/h2-7,15H,8-11H2,1H3,(H,24,25)/t15-/m0/s1. The summed E-state index contributed by atoms with van der Waals surface area (Å²) in [6.07, 6.45) is 4.32.